The van der Waals surface area contributed by atoms with Gasteiger partial charge in [0, 0.05) is 25.5 Å². The number of hydrogen-bond acceptors (Lipinski definition) is 5. The number of rotatable bonds is 8. The number of carbonyl (C=O) groups excluding carboxylic acids is 1. The summed E-state index contributed by atoms with van der Waals surface area (Å²) in [4.78, 5) is 27.3. The van der Waals surface area contributed by atoms with Crippen LogP contribution in [0.25, 0.3) is 11.0 Å². The van der Waals surface area contributed by atoms with Crippen LogP contribution in [0.2, 0.25) is 0 Å². The highest BCUT2D eigenvalue weighted by atomic mass is 16.5. The van der Waals surface area contributed by atoms with Crippen molar-refractivity contribution in [2.24, 2.45) is 0 Å². The number of imidazole rings is 1. The zero-order chi connectivity index (χ0) is 21.8. The molecule has 0 atom stereocenters. The molecule has 0 aliphatic rings. The van der Waals surface area contributed by atoms with Crippen LogP contribution in [-0.4, -0.2) is 35.0 Å². The van der Waals surface area contributed by atoms with Crippen LogP contribution in [0, 0.1) is 6.92 Å². The number of amides is 1. The Labute approximate surface area is 181 Å². The van der Waals surface area contributed by atoms with Gasteiger partial charge in [-0.1, -0.05) is 12.1 Å². The maximum atomic E-state index is 11.4. The molecule has 1 N–H and O–H groups in total. The number of anilines is 2. The van der Waals surface area contributed by atoms with Crippen LogP contribution >= 0.6 is 0 Å². The monoisotopic (exact) mass is 415 g/mol. The number of pyridine rings is 1. The number of nitrogens with zero attached hydrogens (tertiary/aromatic N) is 4. The zero-order valence-corrected chi connectivity index (χ0v) is 17.9. The molecule has 2 aromatic heterocycles. The number of H-pyrrole nitrogens is 1. The van der Waals surface area contributed by atoms with Gasteiger partial charge in [-0.3, -0.25) is 9.78 Å². The second-order valence-corrected chi connectivity index (χ2v) is 7.33. The van der Waals surface area contributed by atoms with Crippen molar-refractivity contribution >= 4 is 28.8 Å². The summed E-state index contributed by atoms with van der Waals surface area (Å²) in [5, 5.41) is 0. The van der Waals surface area contributed by atoms with E-state index >= 15 is 0 Å². The SMILES string of the molecule is CCN(C=O)c1cccnc1CN(C)c1ccc(Oc2nc3ccccc3[nH]2)cc1C. The third-order valence-corrected chi connectivity index (χ3v) is 5.19. The highest BCUT2D eigenvalue weighted by Gasteiger charge is 2.14. The number of nitrogens with one attached hydrogen (secondary N) is 1. The molecule has 0 saturated carbocycles. The molecule has 0 spiro atoms. The topological polar surface area (TPSA) is 74.3 Å². The molecule has 31 heavy (non-hydrogen) atoms. The average molecular weight is 415 g/mol. The van der Waals surface area contributed by atoms with Crippen LogP contribution in [0.5, 0.6) is 11.8 Å². The minimum absolute atomic E-state index is 0.466. The molecule has 4 aromatic rings. The van der Waals surface area contributed by atoms with Crippen molar-refractivity contribution in [3.63, 3.8) is 0 Å². The summed E-state index contributed by atoms with van der Waals surface area (Å²) in [7, 11) is 2.01. The van der Waals surface area contributed by atoms with E-state index in [0.717, 1.165) is 40.1 Å². The maximum Gasteiger partial charge on any atom is 0.300 e. The van der Waals surface area contributed by atoms with E-state index in [1.54, 1.807) is 11.1 Å². The lowest BCUT2D eigenvalue weighted by atomic mass is 10.1. The van der Waals surface area contributed by atoms with Gasteiger partial charge in [0.05, 0.1) is 29.0 Å². The molecule has 0 unspecified atom stereocenters. The quantitative estimate of drug-likeness (QED) is 0.423. The van der Waals surface area contributed by atoms with E-state index in [9.17, 15) is 4.79 Å². The number of aromatic amines is 1. The first-order chi connectivity index (χ1) is 15.1. The first kappa shape index (κ1) is 20.4. The fourth-order valence-corrected chi connectivity index (χ4v) is 3.63. The van der Waals surface area contributed by atoms with E-state index in [1.807, 2.05) is 75.5 Å². The summed E-state index contributed by atoms with van der Waals surface area (Å²) >= 11 is 0. The lowest BCUT2D eigenvalue weighted by Gasteiger charge is -2.24. The first-order valence-corrected chi connectivity index (χ1v) is 10.2. The Morgan fingerprint density at radius 1 is 1.10 bits per heavy atom. The zero-order valence-electron chi connectivity index (χ0n) is 17.9. The Bertz CT molecular complexity index is 1170. The first-order valence-electron chi connectivity index (χ1n) is 10.2. The highest BCUT2D eigenvalue weighted by molar-refractivity contribution is 5.76. The average Bonchev–Trinajstić information content (AvgIpc) is 3.18. The number of para-hydroxylation sites is 2. The van der Waals surface area contributed by atoms with E-state index in [0.29, 0.717) is 24.8 Å². The van der Waals surface area contributed by atoms with Crippen molar-refractivity contribution < 1.29 is 9.53 Å². The Kier molecular flexibility index (Phi) is 5.84. The Morgan fingerprint density at radius 2 is 1.94 bits per heavy atom. The van der Waals surface area contributed by atoms with Crippen LogP contribution < -0.4 is 14.5 Å². The molecule has 0 radical (unpaired) electrons. The molecule has 158 valence electrons. The Morgan fingerprint density at radius 3 is 2.68 bits per heavy atom. The molecular formula is C24H25N5O2. The molecule has 1 amide bonds. The second-order valence-electron chi connectivity index (χ2n) is 7.33. The van der Waals surface area contributed by atoms with Crippen molar-refractivity contribution in [3.8, 4) is 11.8 Å². The van der Waals surface area contributed by atoms with Gasteiger partial charge in [0.2, 0.25) is 6.41 Å². The van der Waals surface area contributed by atoms with Crippen LogP contribution in [0.15, 0.2) is 60.8 Å². The molecule has 0 aliphatic carbocycles. The molecule has 0 bridgehead atoms. The number of fused-ring (bicyclic) bond motifs is 1. The third kappa shape index (κ3) is 4.35. The Balaban J connectivity index is 1.52. The lowest BCUT2D eigenvalue weighted by Crippen LogP contribution is -2.25. The smallest absolute Gasteiger partial charge is 0.300 e. The molecule has 0 aliphatic heterocycles. The van der Waals surface area contributed by atoms with Crippen molar-refractivity contribution in [1.82, 2.24) is 15.0 Å². The lowest BCUT2D eigenvalue weighted by molar-refractivity contribution is -0.107. The summed E-state index contributed by atoms with van der Waals surface area (Å²) < 4.78 is 5.93. The van der Waals surface area contributed by atoms with E-state index < -0.39 is 0 Å². The summed E-state index contributed by atoms with van der Waals surface area (Å²) in [5.74, 6) is 0.713. The van der Waals surface area contributed by atoms with Gasteiger partial charge in [-0.25, -0.2) is 0 Å². The number of carbonyl (C=O) groups is 1. The van der Waals surface area contributed by atoms with E-state index in [-0.39, 0.29) is 0 Å². The number of aryl methyl sites for hydroxylation is 1. The van der Waals surface area contributed by atoms with Crippen LogP contribution in [0.1, 0.15) is 18.2 Å². The van der Waals surface area contributed by atoms with Gasteiger partial charge < -0.3 is 19.5 Å². The predicted octanol–water partition coefficient (Wildman–Crippen LogP) is 4.68. The molecule has 7 nitrogen and oxygen atoms in total. The van der Waals surface area contributed by atoms with Gasteiger partial charge in [-0.15, -0.1) is 0 Å². The van der Waals surface area contributed by atoms with Gasteiger partial charge in [-0.2, -0.15) is 4.98 Å². The Hall–Kier alpha value is -3.87. The van der Waals surface area contributed by atoms with Gasteiger partial charge in [0.25, 0.3) is 6.01 Å². The summed E-state index contributed by atoms with van der Waals surface area (Å²) in [6, 6.07) is 18.0. The fraction of sp³-hybridized carbons (Fsp3) is 0.208. The summed E-state index contributed by atoms with van der Waals surface area (Å²) in [5.41, 5.74) is 5.61. The standard InChI is InChI=1S/C24H25N5O2/c1-4-29(16-30)23-10-7-13-25-21(23)15-28(3)22-12-11-18(14-17(22)2)31-24-26-19-8-5-6-9-20(19)27-24/h5-14,16H,4,15H2,1-3H3,(H,26,27). The normalized spacial score (nSPS) is 10.8. The van der Waals surface area contributed by atoms with Crippen LogP contribution in [0.3, 0.4) is 0 Å². The molecule has 0 saturated heterocycles. The number of benzene rings is 2. The number of hydrogen-bond donors (Lipinski definition) is 1. The van der Waals surface area contributed by atoms with Crippen molar-refractivity contribution in [1.29, 1.82) is 0 Å². The molecule has 2 aromatic carbocycles. The van der Waals surface area contributed by atoms with E-state index in [4.69, 9.17) is 4.74 Å². The molecule has 2 heterocycles. The predicted molar refractivity (Wildman–Crippen MR) is 123 cm³/mol. The third-order valence-electron chi connectivity index (χ3n) is 5.19. The largest absolute Gasteiger partial charge is 0.426 e. The number of ether oxygens (including phenoxy) is 1. The molecular weight excluding hydrogens is 390 g/mol. The highest BCUT2D eigenvalue weighted by Crippen LogP contribution is 2.29. The maximum absolute atomic E-state index is 11.4. The minimum atomic E-state index is 0.466. The number of aromatic nitrogens is 3. The van der Waals surface area contributed by atoms with E-state index in [1.165, 1.54) is 0 Å². The van der Waals surface area contributed by atoms with Gasteiger partial charge in [0.15, 0.2) is 0 Å². The van der Waals surface area contributed by atoms with Crippen molar-refractivity contribution in [2.45, 2.75) is 20.4 Å². The minimum Gasteiger partial charge on any atom is -0.426 e. The summed E-state index contributed by atoms with van der Waals surface area (Å²) in [6.07, 6.45) is 2.60. The molecule has 7 heteroatoms. The molecule has 4 rings (SSSR count). The van der Waals surface area contributed by atoms with Crippen molar-refractivity contribution in [3.05, 3.63) is 72.1 Å². The van der Waals surface area contributed by atoms with Gasteiger partial charge >= 0.3 is 0 Å². The van der Waals surface area contributed by atoms with E-state index in [2.05, 4.69) is 19.9 Å². The molecule has 0 fully saturated rings. The van der Waals surface area contributed by atoms with Crippen molar-refractivity contribution in [2.75, 3.05) is 23.4 Å². The van der Waals surface area contributed by atoms with Gasteiger partial charge in [0.1, 0.15) is 5.75 Å². The fourth-order valence-electron chi connectivity index (χ4n) is 3.63. The van der Waals surface area contributed by atoms with Gasteiger partial charge in [-0.05, 0) is 61.9 Å². The van der Waals surface area contributed by atoms with Crippen LogP contribution in [0.4, 0.5) is 11.4 Å². The second kappa shape index (κ2) is 8.87. The summed E-state index contributed by atoms with van der Waals surface area (Å²) in [6.45, 7) is 5.16. The van der Waals surface area contributed by atoms with Crippen LogP contribution in [-0.2, 0) is 11.3 Å².